The molecule has 2 heterocycles. The zero-order valence-electron chi connectivity index (χ0n) is 8.19. The molecule has 0 atom stereocenters. The van der Waals surface area contributed by atoms with Gasteiger partial charge in [-0.1, -0.05) is 0 Å². The number of aromatic nitrogens is 3. The number of nitrogens with zero attached hydrogens (tertiary/aromatic N) is 2. The topological polar surface area (TPSA) is 84.7 Å². The van der Waals surface area contributed by atoms with Gasteiger partial charge in [0.05, 0.1) is 11.8 Å². The number of nitrogens with one attached hydrogen (secondary N) is 1. The Kier molecular flexibility index (Phi) is 2.21. The largest absolute Gasteiger partial charge is 0.383 e. The molecule has 0 saturated heterocycles. The third kappa shape index (κ3) is 1.71. The summed E-state index contributed by atoms with van der Waals surface area (Å²) in [6.07, 6.45) is 2.95. The van der Waals surface area contributed by atoms with Crippen LogP contribution in [0.1, 0.15) is 21.6 Å². The first-order chi connectivity index (χ1) is 7.18. The third-order valence-corrected chi connectivity index (χ3v) is 2.09. The third-order valence-electron chi connectivity index (χ3n) is 2.09. The first-order valence-electron chi connectivity index (χ1n) is 4.44. The van der Waals surface area contributed by atoms with Crippen molar-refractivity contribution in [2.75, 3.05) is 5.73 Å². The van der Waals surface area contributed by atoms with Gasteiger partial charge in [-0.25, -0.2) is 0 Å². The molecular weight excluding hydrogens is 192 g/mol. The van der Waals surface area contributed by atoms with Gasteiger partial charge in [0, 0.05) is 17.5 Å². The molecule has 2 aromatic heterocycles. The molecule has 0 unspecified atom stereocenters. The van der Waals surface area contributed by atoms with Crippen molar-refractivity contribution in [3.63, 3.8) is 0 Å². The molecule has 0 aromatic carbocycles. The summed E-state index contributed by atoms with van der Waals surface area (Å²) in [6, 6.07) is 3.50. The molecule has 0 saturated carbocycles. The molecule has 0 spiro atoms. The molecule has 0 aliphatic rings. The Bertz CT molecular complexity index is 486. The number of ketones is 1. The van der Waals surface area contributed by atoms with Crippen LogP contribution in [0.15, 0.2) is 24.5 Å². The first-order valence-corrected chi connectivity index (χ1v) is 4.44. The van der Waals surface area contributed by atoms with Crippen LogP contribution in [0.5, 0.6) is 0 Å². The lowest BCUT2D eigenvalue weighted by atomic mass is 10.1. The number of pyridine rings is 1. The maximum Gasteiger partial charge on any atom is 0.199 e. The number of hydrogen-bond acceptors (Lipinski definition) is 4. The van der Waals surface area contributed by atoms with Gasteiger partial charge in [0.25, 0.3) is 0 Å². The van der Waals surface area contributed by atoms with E-state index in [4.69, 9.17) is 5.73 Å². The molecule has 3 N–H and O–H groups in total. The number of aryl methyl sites for hydroxylation is 1. The Labute approximate surface area is 86.3 Å². The standard InChI is InChI=1S/C10H10N4O/c1-6-2-3-7(4-12-6)9(15)8-5-13-14-10(8)11/h2-5H,1H3,(H3,11,13,14). The average Bonchev–Trinajstić information content (AvgIpc) is 2.65. The number of nitrogens with two attached hydrogens (primary N) is 1. The zero-order chi connectivity index (χ0) is 10.8. The van der Waals surface area contributed by atoms with Crippen LogP contribution >= 0.6 is 0 Å². The van der Waals surface area contributed by atoms with Crippen molar-refractivity contribution in [2.24, 2.45) is 0 Å². The lowest BCUT2D eigenvalue weighted by Crippen LogP contribution is -2.04. The number of rotatable bonds is 2. The molecule has 76 valence electrons. The highest BCUT2D eigenvalue weighted by molar-refractivity contribution is 6.11. The number of H-pyrrole nitrogens is 1. The number of hydrogen-bond donors (Lipinski definition) is 2. The fraction of sp³-hybridized carbons (Fsp3) is 0.100. The molecule has 5 nitrogen and oxygen atoms in total. The van der Waals surface area contributed by atoms with Gasteiger partial charge in [0.15, 0.2) is 5.78 Å². The van der Waals surface area contributed by atoms with Crippen LogP contribution in [0.2, 0.25) is 0 Å². The molecule has 0 radical (unpaired) electrons. The predicted molar refractivity (Wildman–Crippen MR) is 55.4 cm³/mol. The van der Waals surface area contributed by atoms with Gasteiger partial charge >= 0.3 is 0 Å². The van der Waals surface area contributed by atoms with E-state index in [1.807, 2.05) is 6.92 Å². The van der Waals surface area contributed by atoms with E-state index in [9.17, 15) is 4.79 Å². The van der Waals surface area contributed by atoms with E-state index in [2.05, 4.69) is 15.2 Å². The SMILES string of the molecule is Cc1ccc(C(=O)c2cn[nH]c2N)cn1. The highest BCUT2D eigenvalue weighted by Crippen LogP contribution is 2.12. The van der Waals surface area contributed by atoms with E-state index < -0.39 is 0 Å². The van der Waals surface area contributed by atoms with Gasteiger partial charge in [0.1, 0.15) is 5.82 Å². The summed E-state index contributed by atoms with van der Waals surface area (Å²) in [5.74, 6) is 0.106. The first kappa shape index (κ1) is 9.39. The van der Waals surface area contributed by atoms with Crippen LogP contribution in [0, 0.1) is 6.92 Å². The van der Waals surface area contributed by atoms with E-state index in [0.29, 0.717) is 11.1 Å². The monoisotopic (exact) mass is 202 g/mol. The molecule has 0 aliphatic carbocycles. The van der Waals surface area contributed by atoms with Gasteiger partial charge in [-0.3, -0.25) is 14.9 Å². The van der Waals surface area contributed by atoms with Crippen molar-refractivity contribution < 1.29 is 4.79 Å². The summed E-state index contributed by atoms with van der Waals surface area (Å²) >= 11 is 0. The number of aromatic amines is 1. The summed E-state index contributed by atoms with van der Waals surface area (Å²) in [5, 5.41) is 6.21. The maximum absolute atomic E-state index is 11.9. The summed E-state index contributed by atoms with van der Waals surface area (Å²) < 4.78 is 0. The normalized spacial score (nSPS) is 10.2. The Hall–Kier alpha value is -2.17. The lowest BCUT2D eigenvalue weighted by molar-refractivity contribution is 0.103. The Balaban J connectivity index is 2.37. The number of carbonyl (C=O) groups is 1. The molecule has 2 rings (SSSR count). The minimum Gasteiger partial charge on any atom is -0.383 e. The Morgan fingerprint density at radius 3 is 2.73 bits per heavy atom. The average molecular weight is 202 g/mol. The van der Waals surface area contributed by atoms with Crippen molar-refractivity contribution in [1.82, 2.24) is 15.2 Å². The fourth-order valence-electron chi connectivity index (χ4n) is 1.23. The Morgan fingerprint density at radius 1 is 1.40 bits per heavy atom. The molecule has 2 aromatic rings. The molecular formula is C10H10N4O. The van der Waals surface area contributed by atoms with E-state index in [-0.39, 0.29) is 11.6 Å². The minimum atomic E-state index is -0.172. The summed E-state index contributed by atoms with van der Waals surface area (Å²) in [4.78, 5) is 15.9. The van der Waals surface area contributed by atoms with E-state index in [1.165, 1.54) is 12.4 Å². The van der Waals surface area contributed by atoms with Gasteiger partial charge in [-0.2, -0.15) is 5.10 Å². The summed E-state index contributed by atoms with van der Waals surface area (Å²) in [6.45, 7) is 1.86. The minimum absolute atomic E-state index is 0.172. The highest BCUT2D eigenvalue weighted by Gasteiger charge is 2.13. The molecule has 0 bridgehead atoms. The number of anilines is 1. The predicted octanol–water partition coefficient (Wildman–Crippen LogP) is 0.926. The van der Waals surface area contributed by atoms with E-state index >= 15 is 0 Å². The molecule has 0 aliphatic heterocycles. The molecule has 15 heavy (non-hydrogen) atoms. The van der Waals surface area contributed by atoms with Crippen LogP contribution in [-0.2, 0) is 0 Å². The maximum atomic E-state index is 11.9. The zero-order valence-corrected chi connectivity index (χ0v) is 8.19. The van der Waals surface area contributed by atoms with E-state index in [0.717, 1.165) is 5.69 Å². The van der Waals surface area contributed by atoms with Gasteiger partial charge in [-0.15, -0.1) is 0 Å². The Morgan fingerprint density at radius 2 is 2.20 bits per heavy atom. The molecule has 5 heteroatoms. The molecule has 0 fully saturated rings. The van der Waals surface area contributed by atoms with Crippen LogP contribution in [-0.4, -0.2) is 21.0 Å². The van der Waals surface area contributed by atoms with Gasteiger partial charge in [-0.05, 0) is 19.1 Å². The van der Waals surface area contributed by atoms with Crippen molar-refractivity contribution in [3.05, 3.63) is 41.3 Å². The highest BCUT2D eigenvalue weighted by atomic mass is 16.1. The number of nitrogen functional groups attached to an aromatic ring is 1. The van der Waals surface area contributed by atoms with Gasteiger partial charge in [0.2, 0.25) is 0 Å². The van der Waals surface area contributed by atoms with Crippen LogP contribution < -0.4 is 5.73 Å². The molecule has 0 amide bonds. The van der Waals surface area contributed by atoms with Crippen molar-refractivity contribution >= 4 is 11.6 Å². The van der Waals surface area contributed by atoms with Crippen LogP contribution in [0.4, 0.5) is 5.82 Å². The number of carbonyl (C=O) groups excluding carboxylic acids is 1. The van der Waals surface area contributed by atoms with Crippen LogP contribution in [0.3, 0.4) is 0 Å². The fourth-order valence-corrected chi connectivity index (χ4v) is 1.23. The lowest BCUT2D eigenvalue weighted by Gasteiger charge is -1.99. The van der Waals surface area contributed by atoms with Gasteiger partial charge < -0.3 is 5.73 Å². The van der Waals surface area contributed by atoms with Crippen molar-refractivity contribution in [2.45, 2.75) is 6.92 Å². The summed E-state index contributed by atoms with van der Waals surface area (Å²) in [5.41, 5.74) is 7.30. The summed E-state index contributed by atoms with van der Waals surface area (Å²) in [7, 11) is 0. The van der Waals surface area contributed by atoms with Crippen molar-refractivity contribution in [1.29, 1.82) is 0 Å². The van der Waals surface area contributed by atoms with Crippen molar-refractivity contribution in [3.8, 4) is 0 Å². The van der Waals surface area contributed by atoms with Crippen LogP contribution in [0.25, 0.3) is 0 Å². The van der Waals surface area contributed by atoms with E-state index in [1.54, 1.807) is 12.1 Å². The second kappa shape index (κ2) is 3.53. The second-order valence-corrected chi connectivity index (χ2v) is 3.21. The second-order valence-electron chi connectivity index (χ2n) is 3.21. The quantitative estimate of drug-likeness (QED) is 0.709. The smallest absolute Gasteiger partial charge is 0.199 e.